The van der Waals surface area contributed by atoms with E-state index in [2.05, 4.69) is 62.4 Å². The van der Waals surface area contributed by atoms with Crippen LogP contribution in [0.25, 0.3) is 0 Å². The molecule has 2 rings (SSSR count). The Labute approximate surface area is 171 Å². The van der Waals surface area contributed by atoms with E-state index in [-0.39, 0.29) is 12.1 Å². The van der Waals surface area contributed by atoms with Gasteiger partial charge in [0.2, 0.25) is 0 Å². The summed E-state index contributed by atoms with van der Waals surface area (Å²) in [6.45, 7) is 5.81. The third kappa shape index (κ3) is 8.27. The lowest BCUT2D eigenvalue weighted by atomic mass is 10.1. The van der Waals surface area contributed by atoms with E-state index in [9.17, 15) is 4.79 Å². The molecule has 0 saturated heterocycles. The van der Waals surface area contributed by atoms with Crippen molar-refractivity contribution in [2.45, 2.75) is 62.3 Å². The number of unbranched alkanes of at least 4 members (excludes halogenated alkanes) is 1. The Morgan fingerprint density at radius 3 is 1.89 bits per heavy atom. The largest absolute Gasteiger partial charge is 0.462 e. The Morgan fingerprint density at radius 1 is 0.926 bits per heavy atom. The lowest BCUT2D eigenvalue weighted by Gasteiger charge is -2.19. The summed E-state index contributed by atoms with van der Waals surface area (Å²) in [6.07, 6.45) is 3.80. The average molecular weight is 401 g/mol. The van der Waals surface area contributed by atoms with Gasteiger partial charge in [-0.25, -0.2) is 0 Å². The summed E-state index contributed by atoms with van der Waals surface area (Å²) in [5, 5.41) is 0. The number of rotatable bonds is 10. The molecule has 0 radical (unpaired) electrons. The highest BCUT2D eigenvalue weighted by Gasteiger charge is 2.16. The third-order valence-electron chi connectivity index (χ3n) is 4.00. The summed E-state index contributed by atoms with van der Waals surface area (Å²) in [4.78, 5) is 13.9. The van der Waals surface area contributed by atoms with Gasteiger partial charge in [-0.3, -0.25) is 4.79 Å². The normalized spacial score (nSPS) is 11.7. The maximum absolute atomic E-state index is 11.5. The van der Waals surface area contributed by atoms with E-state index in [1.165, 1.54) is 26.5 Å². The second-order valence-electron chi connectivity index (χ2n) is 6.48. The van der Waals surface area contributed by atoms with Gasteiger partial charge >= 0.3 is 5.97 Å². The second-order valence-corrected chi connectivity index (χ2v) is 8.90. The highest BCUT2D eigenvalue weighted by molar-refractivity contribution is 8.22. The standard InChI is InChI=1S/C23H28O2S2/c1-4-5-12-20(25-19(3)24)17-18(2)23(26-21-13-8-6-9-14-21)27-22-15-10-7-11-16-22/h6-11,13-16,20H,4-5,12,17H2,1-3H3. The van der Waals surface area contributed by atoms with Crippen LogP contribution >= 0.6 is 23.5 Å². The fourth-order valence-corrected chi connectivity index (χ4v) is 4.95. The van der Waals surface area contributed by atoms with Crippen LogP contribution in [0, 0.1) is 0 Å². The van der Waals surface area contributed by atoms with Gasteiger partial charge in [0.25, 0.3) is 0 Å². The Hall–Kier alpha value is -1.65. The number of benzene rings is 2. The van der Waals surface area contributed by atoms with Crippen LogP contribution in [-0.2, 0) is 9.53 Å². The molecule has 1 atom stereocenters. The smallest absolute Gasteiger partial charge is 0.302 e. The number of hydrogen-bond donors (Lipinski definition) is 0. The van der Waals surface area contributed by atoms with Crippen LogP contribution < -0.4 is 0 Å². The summed E-state index contributed by atoms with van der Waals surface area (Å²) in [5.74, 6) is -0.197. The van der Waals surface area contributed by atoms with Crippen LogP contribution in [0.15, 0.2) is 80.3 Å². The minimum atomic E-state index is -0.197. The molecular formula is C23H28O2S2. The maximum atomic E-state index is 11.5. The molecule has 2 nitrogen and oxygen atoms in total. The fourth-order valence-electron chi connectivity index (χ4n) is 2.68. The van der Waals surface area contributed by atoms with Crippen LogP contribution in [0.2, 0.25) is 0 Å². The van der Waals surface area contributed by atoms with Gasteiger partial charge in [-0.15, -0.1) is 0 Å². The maximum Gasteiger partial charge on any atom is 0.302 e. The SMILES string of the molecule is CCCCC(CC(C)=C(Sc1ccccc1)Sc1ccccc1)OC(C)=O. The molecule has 0 heterocycles. The van der Waals surface area contributed by atoms with Gasteiger partial charge in [-0.05, 0) is 43.2 Å². The van der Waals surface area contributed by atoms with Crippen molar-refractivity contribution in [1.82, 2.24) is 0 Å². The van der Waals surface area contributed by atoms with E-state index in [0.717, 1.165) is 25.7 Å². The molecule has 1 unspecified atom stereocenters. The van der Waals surface area contributed by atoms with Crippen molar-refractivity contribution in [1.29, 1.82) is 0 Å². The summed E-state index contributed by atoms with van der Waals surface area (Å²) in [7, 11) is 0. The molecule has 0 aliphatic carbocycles. The molecule has 4 heteroatoms. The van der Waals surface area contributed by atoms with Crippen LogP contribution in [0.4, 0.5) is 0 Å². The van der Waals surface area contributed by atoms with Crippen molar-refractivity contribution in [2.24, 2.45) is 0 Å². The van der Waals surface area contributed by atoms with Crippen molar-refractivity contribution >= 4 is 29.5 Å². The molecule has 0 fully saturated rings. The first-order chi connectivity index (χ1) is 13.1. The van der Waals surface area contributed by atoms with E-state index in [1.54, 1.807) is 23.5 Å². The number of hydrogen-bond acceptors (Lipinski definition) is 4. The summed E-state index contributed by atoms with van der Waals surface area (Å²) in [6, 6.07) is 20.8. The Morgan fingerprint density at radius 2 is 1.44 bits per heavy atom. The lowest BCUT2D eigenvalue weighted by Crippen LogP contribution is -2.17. The van der Waals surface area contributed by atoms with Gasteiger partial charge in [0, 0.05) is 27.4 Å². The molecule has 27 heavy (non-hydrogen) atoms. The molecule has 0 aromatic heterocycles. The summed E-state index contributed by atoms with van der Waals surface area (Å²) in [5.41, 5.74) is 1.26. The number of ether oxygens (including phenoxy) is 1. The fraction of sp³-hybridized carbons (Fsp3) is 0.348. The zero-order chi connectivity index (χ0) is 19.5. The molecule has 144 valence electrons. The molecule has 0 N–H and O–H groups in total. The van der Waals surface area contributed by atoms with Crippen LogP contribution in [-0.4, -0.2) is 12.1 Å². The van der Waals surface area contributed by atoms with Gasteiger partial charge in [-0.2, -0.15) is 0 Å². The molecule has 0 aliphatic rings. The molecular weight excluding hydrogens is 372 g/mol. The number of esters is 1. The van der Waals surface area contributed by atoms with E-state index < -0.39 is 0 Å². The minimum Gasteiger partial charge on any atom is -0.462 e. The first-order valence-electron chi connectivity index (χ1n) is 9.41. The van der Waals surface area contributed by atoms with Gasteiger partial charge in [0.15, 0.2) is 0 Å². The predicted molar refractivity (Wildman–Crippen MR) is 117 cm³/mol. The van der Waals surface area contributed by atoms with Gasteiger partial charge < -0.3 is 4.74 Å². The Balaban J connectivity index is 2.22. The van der Waals surface area contributed by atoms with Gasteiger partial charge in [0.05, 0.1) is 0 Å². The number of carbonyl (C=O) groups excluding carboxylic acids is 1. The van der Waals surface area contributed by atoms with Gasteiger partial charge in [0.1, 0.15) is 6.10 Å². The summed E-state index contributed by atoms with van der Waals surface area (Å²) < 4.78 is 6.83. The minimum absolute atomic E-state index is 0.0507. The summed E-state index contributed by atoms with van der Waals surface area (Å²) >= 11 is 3.56. The van der Waals surface area contributed by atoms with Crippen molar-refractivity contribution in [2.75, 3.05) is 0 Å². The number of carbonyl (C=O) groups is 1. The van der Waals surface area contributed by atoms with Crippen LogP contribution in [0.1, 0.15) is 46.5 Å². The second kappa shape index (κ2) is 11.9. The Kier molecular flexibility index (Phi) is 9.57. The molecule has 2 aromatic rings. The molecule has 0 amide bonds. The van der Waals surface area contributed by atoms with E-state index in [4.69, 9.17) is 4.74 Å². The van der Waals surface area contributed by atoms with E-state index in [0.29, 0.717) is 0 Å². The Bertz CT molecular complexity index is 683. The van der Waals surface area contributed by atoms with Crippen molar-refractivity contribution in [3.63, 3.8) is 0 Å². The quantitative estimate of drug-likeness (QED) is 0.308. The van der Waals surface area contributed by atoms with Crippen LogP contribution in [0.3, 0.4) is 0 Å². The zero-order valence-corrected chi connectivity index (χ0v) is 17.9. The molecule has 0 aliphatic heterocycles. The number of thioether (sulfide) groups is 2. The van der Waals surface area contributed by atoms with Crippen molar-refractivity contribution < 1.29 is 9.53 Å². The zero-order valence-electron chi connectivity index (χ0n) is 16.3. The molecule has 0 spiro atoms. The molecule has 0 bridgehead atoms. The third-order valence-corrected chi connectivity index (χ3v) is 6.59. The first-order valence-corrected chi connectivity index (χ1v) is 11.0. The average Bonchev–Trinajstić information content (AvgIpc) is 2.67. The van der Waals surface area contributed by atoms with Gasteiger partial charge in [-0.1, -0.05) is 79.7 Å². The predicted octanol–water partition coefficient (Wildman–Crippen LogP) is 7.31. The monoisotopic (exact) mass is 400 g/mol. The highest BCUT2D eigenvalue weighted by atomic mass is 32.2. The lowest BCUT2D eigenvalue weighted by molar-refractivity contribution is -0.146. The molecule has 0 saturated carbocycles. The van der Waals surface area contributed by atoms with E-state index in [1.807, 2.05) is 12.1 Å². The van der Waals surface area contributed by atoms with Crippen LogP contribution in [0.5, 0.6) is 0 Å². The first kappa shape index (κ1) is 21.6. The van der Waals surface area contributed by atoms with Crippen molar-refractivity contribution in [3.05, 3.63) is 70.5 Å². The highest BCUT2D eigenvalue weighted by Crippen LogP contribution is 2.42. The van der Waals surface area contributed by atoms with E-state index >= 15 is 0 Å². The topological polar surface area (TPSA) is 26.3 Å². The van der Waals surface area contributed by atoms with Crippen molar-refractivity contribution in [3.8, 4) is 0 Å². The molecule has 2 aromatic carbocycles.